The van der Waals surface area contributed by atoms with Crippen molar-refractivity contribution >= 4 is 21.6 Å². The smallest absolute Gasteiger partial charge is 0.143 e. The molecule has 1 atom stereocenters. The number of rotatable bonds is 1. The fraction of sp³-hybridized carbons (Fsp3) is 0.214. The predicted molar refractivity (Wildman–Crippen MR) is 75.0 cm³/mol. The highest BCUT2D eigenvalue weighted by atomic mass is 79.9. The van der Waals surface area contributed by atoms with Crippen LogP contribution in [0.3, 0.4) is 0 Å². The van der Waals surface area contributed by atoms with Crippen molar-refractivity contribution in [1.82, 2.24) is 4.98 Å². The molecule has 3 nitrogen and oxygen atoms in total. The molecule has 0 saturated heterocycles. The Balaban J connectivity index is 1.97. The van der Waals surface area contributed by atoms with E-state index in [0.717, 1.165) is 15.9 Å². The first-order chi connectivity index (χ1) is 8.75. The van der Waals surface area contributed by atoms with Crippen LogP contribution in [0.1, 0.15) is 11.6 Å². The van der Waals surface area contributed by atoms with Crippen molar-refractivity contribution in [3.05, 3.63) is 52.8 Å². The zero-order valence-corrected chi connectivity index (χ0v) is 11.6. The summed E-state index contributed by atoms with van der Waals surface area (Å²) in [7, 11) is 2.09. The third-order valence-electron chi connectivity index (χ3n) is 3.24. The van der Waals surface area contributed by atoms with Gasteiger partial charge >= 0.3 is 0 Å². The number of anilines is 1. The maximum Gasteiger partial charge on any atom is 0.143 e. The van der Waals surface area contributed by atoms with E-state index in [4.69, 9.17) is 4.74 Å². The first kappa shape index (κ1) is 11.5. The molecule has 0 aliphatic carbocycles. The summed E-state index contributed by atoms with van der Waals surface area (Å²) in [6, 6.07) is 10.4. The summed E-state index contributed by atoms with van der Waals surface area (Å²) in [6.07, 6.45) is 3.69. The van der Waals surface area contributed by atoms with Crippen LogP contribution in [0.15, 0.2) is 47.2 Å². The van der Waals surface area contributed by atoms with Gasteiger partial charge in [0.2, 0.25) is 0 Å². The molecule has 4 heteroatoms. The molecule has 2 aromatic rings. The van der Waals surface area contributed by atoms with Gasteiger partial charge in [0.1, 0.15) is 12.4 Å². The van der Waals surface area contributed by atoms with E-state index in [9.17, 15) is 0 Å². The van der Waals surface area contributed by atoms with E-state index in [-0.39, 0.29) is 6.04 Å². The molecule has 18 heavy (non-hydrogen) atoms. The third kappa shape index (κ3) is 1.97. The van der Waals surface area contributed by atoms with Crippen LogP contribution in [-0.4, -0.2) is 18.6 Å². The van der Waals surface area contributed by atoms with Gasteiger partial charge in [-0.05, 0) is 29.8 Å². The Bertz CT molecular complexity index is 559. The molecule has 2 heterocycles. The van der Waals surface area contributed by atoms with Gasteiger partial charge in [-0.2, -0.15) is 0 Å². The van der Waals surface area contributed by atoms with E-state index in [1.54, 1.807) is 6.20 Å². The molecule has 0 bridgehead atoms. The number of nitrogens with zero attached hydrogens (tertiary/aromatic N) is 2. The second-order valence-electron chi connectivity index (χ2n) is 4.34. The Morgan fingerprint density at radius 3 is 3.06 bits per heavy atom. The largest absolute Gasteiger partial charge is 0.489 e. The number of fused-ring (bicyclic) bond motifs is 1. The van der Waals surface area contributed by atoms with Crippen molar-refractivity contribution < 1.29 is 4.74 Å². The lowest BCUT2D eigenvalue weighted by Gasteiger charge is -2.36. The molecule has 0 radical (unpaired) electrons. The molecular formula is C14H13BrN2O. The lowest BCUT2D eigenvalue weighted by atomic mass is 10.1. The SMILES string of the molecule is CN1c2ccc(Br)cc2OCC1c1cccnc1. The van der Waals surface area contributed by atoms with E-state index >= 15 is 0 Å². The number of pyridine rings is 1. The first-order valence-electron chi connectivity index (χ1n) is 5.81. The number of benzene rings is 1. The first-order valence-corrected chi connectivity index (χ1v) is 6.60. The van der Waals surface area contributed by atoms with Crippen molar-refractivity contribution in [2.75, 3.05) is 18.6 Å². The molecule has 1 aromatic carbocycles. The van der Waals surface area contributed by atoms with Gasteiger partial charge < -0.3 is 9.64 Å². The minimum absolute atomic E-state index is 0.215. The lowest BCUT2D eigenvalue weighted by molar-refractivity contribution is 0.268. The fourth-order valence-corrected chi connectivity index (χ4v) is 2.58. The van der Waals surface area contributed by atoms with Crippen LogP contribution in [0.4, 0.5) is 5.69 Å². The summed E-state index contributed by atoms with van der Waals surface area (Å²) in [6.45, 7) is 0.644. The van der Waals surface area contributed by atoms with Crippen molar-refractivity contribution in [2.45, 2.75) is 6.04 Å². The number of hydrogen-bond donors (Lipinski definition) is 0. The van der Waals surface area contributed by atoms with E-state index < -0.39 is 0 Å². The van der Waals surface area contributed by atoms with Crippen molar-refractivity contribution in [1.29, 1.82) is 0 Å². The van der Waals surface area contributed by atoms with Crippen molar-refractivity contribution in [2.24, 2.45) is 0 Å². The summed E-state index contributed by atoms with van der Waals surface area (Å²) in [4.78, 5) is 6.41. The minimum Gasteiger partial charge on any atom is -0.489 e. The van der Waals surface area contributed by atoms with E-state index in [1.807, 2.05) is 24.4 Å². The molecule has 1 unspecified atom stereocenters. The third-order valence-corrected chi connectivity index (χ3v) is 3.73. The second-order valence-corrected chi connectivity index (χ2v) is 5.25. The Morgan fingerprint density at radius 1 is 1.39 bits per heavy atom. The highest BCUT2D eigenvalue weighted by Gasteiger charge is 2.26. The molecule has 0 saturated carbocycles. The Morgan fingerprint density at radius 2 is 2.28 bits per heavy atom. The molecule has 1 aliphatic heterocycles. The van der Waals surface area contributed by atoms with Crippen LogP contribution in [0.2, 0.25) is 0 Å². The summed E-state index contributed by atoms with van der Waals surface area (Å²) >= 11 is 3.46. The average molecular weight is 305 g/mol. The van der Waals surface area contributed by atoms with Crippen molar-refractivity contribution in [3.8, 4) is 5.75 Å². The molecule has 0 spiro atoms. The summed E-state index contributed by atoms with van der Waals surface area (Å²) in [5, 5.41) is 0. The highest BCUT2D eigenvalue weighted by molar-refractivity contribution is 9.10. The lowest BCUT2D eigenvalue weighted by Crippen LogP contribution is -2.33. The van der Waals surface area contributed by atoms with Crippen LogP contribution in [-0.2, 0) is 0 Å². The molecule has 0 N–H and O–H groups in total. The number of aromatic nitrogens is 1. The zero-order chi connectivity index (χ0) is 12.5. The van der Waals surface area contributed by atoms with Crippen LogP contribution >= 0.6 is 15.9 Å². The van der Waals surface area contributed by atoms with Crippen LogP contribution in [0.25, 0.3) is 0 Å². The standard InChI is InChI=1S/C14H13BrN2O/c1-17-12-5-4-11(15)7-14(12)18-9-13(17)10-3-2-6-16-8-10/h2-8,13H,9H2,1H3. The van der Waals surface area contributed by atoms with Gasteiger partial charge in [-0.1, -0.05) is 22.0 Å². The monoisotopic (exact) mass is 304 g/mol. The quantitative estimate of drug-likeness (QED) is 0.807. The maximum absolute atomic E-state index is 5.84. The average Bonchev–Trinajstić information content (AvgIpc) is 2.40. The molecule has 1 aliphatic rings. The van der Waals surface area contributed by atoms with E-state index in [0.29, 0.717) is 6.61 Å². The summed E-state index contributed by atoms with van der Waals surface area (Å²) < 4.78 is 6.88. The van der Waals surface area contributed by atoms with Gasteiger partial charge in [0.15, 0.2) is 0 Å². The maximum atomic E-state index is 5.84. The fourth-order valence-electron chi connectivity index (χ4n) is 2.24. The normalized spacial score (nSPS) is 18.1. The van der Waals surface area contributed by atoms with Gasteiger partial charge in [0.05, 0.1) is 11.7 Å². The summed E-state index contributed by atoms with van der Waals surface area (Å²) in [5.41, 5.74) is 2.28. The molecule has 3 rings (SSSR count). The van der Waals surface area contributed by atoms with Gasteiger partial charge in [-0.15, -0.1) is 0 Å². The van der Waals surface area contributed by atoms with Gasteiger partial charge in [0, 0.05) is 23.9 Å². The molecule has 0 amide bonds. The predicted octanol–water partition coefficient (Wildman–Crippen LogP) is 3.41. The Kier molecular flexibility index (Phi) is 2.96. The molecule has 0 fully saturated rings. The van der Waals surface area contributed by atoms with Gasteiger partial charge in [0.25, 0.3) is 0 Å². The van der Waals surface area contributed by atoms with Crippen LogP contribution < -0.4 is 9.64 Å². The topological polar surface area (TPSA) is 25.4 Å². The van der Waals surface area contributed by atoms with Crippen LogP contribution in [0, 0.1) is 0 Å². The molecular weight excluding hydrogens is 292 g/mol. The molecule has 1 aromatic heterocycles. The van der Waals surface area contributed by atoms with Crippen LogP contribution in [0.5, 0.6) is 5.75 Å². The molecule has 92 valence electrons. The number of halogens is 1. The number of hydrogen-bond acceptors (Lipinski definition) is 3. The Labute approximate surface area is 115 Å². The Hall–Kier alpha value is -1.55. The number of ether oxygens (including phenoxy) is 1. The van der Waals surface area contributed by atoms with Gasteiger partial charge in [-0.25, -0.2) is 0 Å². The minimum atomic E-state index is 0.215. The van der Waals surface area contributed by atoms with E-state index in [1.165, 1.54) is 5.56 Å². The van der Waals surface area contributed by atoms with Crippen molar-refractivity contribution in [3.63, 3.8) is 0 Å². The second kappa shape index (κ2) is 4.61. The highest BCUT2D eigenvalue weighted by Crippen LogP contribution is 2.39. The van der Waals surface area contributed by atoms with E-state index in [2.05, 4.69) is 45.0 Å². The number of likely N-dealkylation sites (N-methyl/N-ethyl adjacent to an activating group) is 1. The van der Waals surface area contributed by atoms with Gasteiger partial charge in [-0.3, -0.25) is 4.98 Å². The summed E-state index contributed by atoms with van der Waals surface area (Å²) in [5.74, 6) is 0.923. The zero-order valence-electron chi connectivity index (χ0n) is 10.0.